The van der Waals surface area contributed by atoms with Crippen LogP contribution >= 0.6 is 23.2 Å². The number of anilines is 2. The van der Waals surface area contributed by atoms with Crippen LogP contribution < -0.4 is 20.2 Å². The Morgan fingerprint density at radius 1 is 0.929 bits per heavy atom. The minimum absolute atomic E-state index is 0.126. The molecular weight excluding hydrogens is 757 g/mol. The maximum absolute atomic E-state index is 13.3. The molecule has 0 amide bonds. The van der Waals surface area contributed by atoms with Gasteiger partial charge in [0, 0.05) is 73.7 Å². The maximum atomic E-state index is 13.3. The summed E-state index contributed by atoms with van der Waals surface area (Å²) in [7, 11) is 0. The number of hydrogen-bond acceptors (Lipinski definition) is 10. The molecule has 0 saturated carbocycles. The van der Waals surface area contributed by atoms with Crippen molar-refractivity contribution in [3.63, 3.8) is 0 Å². The van der Waals surface area contributed by atoms with Crippen molar-refractivity contribution >= 4 is 34.6 Å². The van der Waals surface area contributed by atoms with E-state index in [0.29, 0.717) is 60.8 Å². The second-order valence-electron chi connectivity index (χ2n) is 14.4. The van der Waals surface area contributed by atoms with Crippen LogP contribution in [0.5, 0.6) is 5.75 Å². The van der Waals surface area contributed by atoms with Crippen molar-refractivity contribution in [2.45, 2.75) is 63.9 Å². The summed E-state index contributed by atoms with van der Waals surface area (Å²) in [5.41, 5.74) is 3.64. The second-order valence-corrected chi connectivity index (χ2v) is 15.2. The Bertz CT molecular complexity index is 2100. The highest BCUT2D eigenvalue weighted by Gasteiger charge is 2.45. The first kappa shape index (κ1) is 38.5. The van der Waals surface area contributed by atoms with E-state index in [0.717, 1.165) is 74.9 Å². The van der Waals surface area contributed by atoms with E-state index in [1.54, 1.807) is 29.2 Å². The summed E-state index contributed by atoms with van der Waals surface area (Å²) in [6.45, 7) is 8.20. The SMILES string of the molecule is Cc1nn(CCCOC2CCCCO2)c(=O)n1-c1ccc(N2CCN(c3ccc(OCC4COC(Cn5ccnc5)(c5ccc(Cl)cc5Cl)O4)cc3)CC2)cc1. The molecule has 0 radical (unpaired) electrons. The van der Waals surface area contributed by atoms with Gasteiger partial charge in [0.15, 0.2) is 6.29 Å². The normalized spacial score (nSPS) is 21.5. The average molecular weight is 805 g/mol. The molecule has 0 spiro atoms. The molecule has 296 valence electrons. The molecule has 3 aliphatic heterocycles. The number of rotatable bonds is 14. The van der Waals surface area contributed by atoms with Crippen molar-refractivity contribution < 1.29 is 23.7 Å². The van der Waals surface area contributed by atoms with E-state index in [4.69, 9.17) is 46.9 Å². The molecule has 0 bridgehead atoms. The third kappa shape index (κ3) is 8.78. The molecule has 15 heteroatoms. The number of hydrogen-bond donors (Lipinski definition) is 0. The number of ether oxygens (including phenoxy) is 5. The molecule has 13 nitrogen and oxygen atoms in total. The van der Waals surface area contributed by atoms with Crippen LogP contribution in [0.15, 0.2) is 90.2 Å². The van der Waals surface area contributed by atoms with Crippen LogP contribution in [0.25, 0.3) is 5.69 Å². The molecule has 3 aromatic carbocycles. The number of aromatic nitrogens is 5. The van der Waals surface area contributed by atoms with Gasteiger partial charge >= 0.3 is 5.69 Å². The number of halogens is 2. The van der Waals surface area contributed by atoms with Crippen molar-refractivity contribution in [3.05, 3.63) is 117 Å². The fourth-order valence-corrected chi connectivity index (χ4v) is 8.14. The molecule has 0 aliphatic carbocycles. The van der Waals surface area contributed by atoms with Gasteiger partial charge in [-0.1, -0.05) is 29.3 Å². The quantitative estimate of drug-likeness (QED) is 0.116. The molecular formula is C41H47Cl2N7O6. The smallest absolute Gasteiger partial charge is 0.350 e. The minimum atomic E-state index is -1.10. The molecule has 5 aromatic rings. The number of nitrogens with zero attached hydrogens (tertiary/aromatic N) is 7. The van der Waals surface area contributed by atoms with Gasteiger partial charge in [-0.2, -0.15) is 5.10 Å². The summed E-state index contributed by atoms with van der Waals surface area (Å²) in [5.74, 6) is 0.313. The van der Waals surface area contributed by atoms with Gasteiger partial charge < -0.3 is 38.1 Å². The zero-order chi connectivity index (χ0) is 38.5. The lowest BCUT2D eigenvalue weighted by molar-refractivity contribution is -0.189. The van der Waals surface area contributed by atoms with Crippen LogP contribution in [-0.4, -0.2) is 88.9 Å². The lowest BCUT2D eigenvalue weighted by Crippen LogP contribution is -2.46. The van der Waals surface area contributed by atoms with Gasteiger partial charge in [0.1, 0.15) is 24.3 Å². The average Bonchev–Trinajstić information content (AvgIpc) is 3.96. The Kier molecular flexibility index (Phi) is 12.0. The van der Waals surface area contributed by atoms with Gasteiger partial charge in [0.25, 0.3) is 0 Å². The zero-order valence-electron chi connectivity index (χ0n) is 31.5. The lowest BCUT2D eigenvalue weighted by Gasteiger charge is -2.37. The third-order valence-corrected chi connectivity index (χ3v) is 11.0. The maximum Gasteiger partial charge on any atom is 0.350 e. The molecule has 3 aliphatic rings. The Hall–Kier alpha value is -4.37. The first-order chi connectivity index (χ1) is 27.3. The highest BCUT2D eigenvalue weighted by atomic mass is 35.5. The third-order valence-electron chi connectivity index (χ3n) is 10.5. The Balaban J connectivity index is 0.813. The van der Waals surface area contributed by atoms with Crippen molar-refractivity contribution in [2.75, 3.05) is 62.4 Å². The van der Waals surface area contributed by atoms with E-state index in [1.165, 1.54) is 4.68 Å². The van der Waals surface area contributed by atoms with E-state index in [-0.39, 0.29) is 18.1 Å². The van der Waals surface area contributed by atoms with Crippen LogP contribution in [0.1, 0.15) is 37.1 Å². The molecule has 3 unspecified atom stereocenters. The molecule has 5 heterocycles. The molecule has 2 aromatic heterocycles. The molecule has 3 fully saturated rings. The predicted octanol–water partition coefficient (Wildman–Crippen LogP) is 6.45. The summed E-state index contributed by atoms with van der Waals surface area (Å²) in [5, 5.41) is 5.53. The topological polar surface area (TPSA) is 110 Å². The van der Waals surface area contributed by atoms with Gasteiger partial charge in [-0.3, -0.25) is 0 Å². The molecule has 3 atom stereocenters. The van der Waals surface area contributed by atoms with Crippen molar-refractivity contribution in [3.8, 4) is 11.4 Å². The van der Waals surface area contributed by atoms with Gasteiger partial charge in [0.2, 0.25) is 5.79 Å². The van der Waals surface area contributed by atoms with Gasteiger partial charge in [-0.25, -0.2) is 19.0 Å². The van der Waals surface area contributed by atoms with Crippen LogP contribution in [0, 0.1) is 6.92 Å². The number of imidazole rings is 1. The first-order valence-corrected chi connectivity index (χ1v) is 20.1. The summed E-state index contributed by atoms with van der Waals surface area (Å²) < 4.78 is 35.6. The summed E-state index contributed by atoms with van der Waals surface area (Å²) in [6.07, 6.45) is 8.70. The first-order valence-electron chi connectivity index (χ1n) is 19.3. The Labute approximate surface area is 336 Å². The zero-order valence-corrected chi connectivity index (χ0v) is 33.0. The number of benzene rings is 3. The molecule has 3 saturated heterocycles. The van der Waals surface area contributed by atoms with Gasteiger partial charge in [0.05, 0.1) is 36.8 Å². The predicted molar refractivity (Wildman–Crippen MR) is 214 cm³/mol. The largest absolute Gasteiger partial charge is 0.491 e. The Morgan fingerprint density at radius 2 is 1.66 bits per heavy atom. The minimum Gasteiger partial charge on any atom is -0.491 e. The summed E-state index contributed by atoms with van der Waals surface area (Å²) >= 11 is 12.8. The lowest BCUT2D eigenvalue weighted by atomic mass is 10.1. The van der Waals surface area contributed by atoms with E-state index >= 15 is 0 Å². The van der Waals surface area contributed by atoms with Gasteiger partial charge in [-0.15, -0.1) is 0 Å². The van der Waals surface area contributed by atoms with Crippen molar-refractivity contribution in [1.82, 2.24) is 23.9 Å². The van der Waals surface area contributed by atoms with Crippen LogP contribution in [-0.2, 0) is 37.8 Å². The number of piperazine rings is 1. The van der Waals surface area contributed by atoms with Crippen LogP contribution in [0.2, 0.25) is 10.0 Å². The van der Waals surface area contributed by atoms with Gasteiger partial charge in [-0.05, 0) is 93.3 Å². The monoisotopic (exact) mass is 803 g/mol. The van der Waals surface area contributed by atoms with E-state index in [1.807, 2.05) is 48.0 Å². The fraction of sp³-hybridized carbons (Fsp3) is 0.439. The van der Waals surface area contributed by atoms with E-state index in [9.17, 15) is 4.79 Å². The highest BCUT2D eigenvalue weighted by molar-refractivity contribution is 6.35. The standard InChI is InChI=1S/C41H47Cl2N7O6/c1-30-45-49(17-4-24-53-39-5-2-3-23-52-39)40(51)50(30)34-9-7-32(8-10-34)47-19-21-48(22-20-47)33-11-13-35(14-12-33)54-26-36-27-55-41(56-36,28-46-18-16-44-29-46)37-15-6-31(42)25-38(37)43/h6-16,18,25,29,36,39H,2-5,17,19-24,26-28H2,1H3. The van der Waals surface area contributed by atoms with Crippen LogP contribution in [0.4, 0.5) is 11.4 Å². The molecule has 0 N–H and O–H groups in total. The van der Waals surface area contributed by atoms with Crippen molar-refractivity contribution in [1.29, 1.82) is 0 Å². The van der Waals surface area contributed by atoms with E-state index in [2.05, 4.69) is 44.1 Å². The van der Waals surface area contributed by atoms with Crippen LogP contribution in [0.3, 0.4) is 0 Å². The fourth-order valence-electron chi connectivity index (χ4n) is 7.58. The highest BCUT2D eigenvalue weighted by Crippen LogP contribution is 2.40. The summed E-state index contributed by atoms with van der Waals surface area (Å²) in [6, 6.07) is 21.7. The number of aryl methyl sites for hydroxylation is 2. The second kappa shape index (κ2) is 17.4. The molecule has 56 heavy (non-hydrogen) atoms. The van der Waals surface area contributed by atoms with Crippen molar-refractivity contribution in [2.24, 2.45) is 0 Å². The Morgan fingerprint density at radius 3 is 2.34 bits per heavy atom. The van der Waals surface area contributed by atoms with E-state index < -0.39 is 5.79 Å². The summed E-state index contributed by atoms with van der Waals surface area (Å²) in [4.78, 5) is 22.2. The molecule has 8 rings (SSSR count).